The van der Waals surface area contributed by atoms with Crippen molar-refractivity contribution in [3.05, 3.63) is 48.4 Å². The van der Waals surface area contributed by atoms with E-state index in [0.29, 0.717) is 30.8 Å². The molecule has 8 nitrogen and oxygen atoms in total. The highest BCUT2D eigenvalue weighted by Gasteiger charge is 2.24. The highest BCUT2D eigenvalue weighted by molar-refractivity contribution is 5.81. The smallest absolute Gasteiger partial charge is 0.292 e. The van der Waals surface area contributed by atoms with Gasteiger partial charge in [0.15, 0.2) is 5.58 Å². The highest BCUT2D eigenvalue weighted by atomic mass is 16.5. The molecule has 1 atom stereocenters. The average Bonchev–Trinajstić information content (AvgIpc) is 3.29. The topological polar surface area (TPSA) is 98.9 Å². The molecule has 1 aromatic carbocycles. The number of morpholine rings is 1. The number of hydrogen-bond donors (Lipinski definition) is 1. The van der Waals surface area contributed by atoms with E-state index in [4.69, 9.17) is 14.9 Å². The molecule has 8 heteroatoms. The Hall–Kier alpha value is -3.39. The van der Waals surface area contributed by atoms with Crippen LogP contribution in [0.5, 0.6) is 0 Å². The second kappa shape index (κ2) is 6.10. The van der Waals surface area contributed by atoms with Crippen molar-refractivity contribution in [3.63, 3.8) is 0 Å². The summed E-state index contributed by atoms with van der Waals surface area (Å²) in [5.41, 5.74) is 10.8. The third kappa shape index (κ3) is 2.70. The Kier molecular flexibility index (Phi) is 3.58. The Bertz CT molecular complexity index is 1150. The molecule has 5 rings (SSSR count). The molecule has 4 heterocycles. The van der Waals surface area contributed by atoms with E-state index in [-0.39, 0.29) is 12.1 Å². The lowest BCUT2D eigenvalue weighted by molar-refractivity contribution is -0.125. The van der Waals surface area contributed by atoms with Gasteiger partial charge in [-0.2, -0.15) is 4.98 Å². The molecule has 4 aromatic rings. The summed E-state index contributed by atoms with van der Waals surface area (Å²) in [7, 11) is 0. The number of nitrogens with two attached hydrogens (primary N) is 1. The summed E-state index contributed by atoms with van der Waals surface area (Å²) in [6.07, 6.45) is 4.49. The number of imidazole rings is 1. The Balaban J connectivity index is 1.56. The molecule has 1 aliphatic rings. The molecule has 0 bridgehead atoms. The number of hydrogen-bond acceptors (Lipinski definition) is 6. The molecular formula is C19H17N5O3. The lowest BCUT2D eigenvalue weighted by atomic mass is 10.1. The van der Waals surface area contributed by atoms with Crippen LogP contribution in [0.25, 0.3) is 27.9 Å². The van der Waals surface area contributed by atoms with E-state index in [2.05, 4.69) is 9.97 Å². The van der Waals surface area contributed by atoms with Gasteiger partial charge in [-0.25, -0.2) is 4.98 Å². The van der Waals surface area contributed by atoms with Crippen LogP contribution < -0.4 is 5.73 Å². The van der Waals surface area contributed by atoms with Crippen molar-refractivity contribution in [3.8, 4) is 11.1 Å². The standard InChI is InChI=1S/C19H17N5O3/c20-19-22-14-7-12(1-3-16(14)27-19)13-2-4-18-21-8-15(24(18)9-13)17-10-23(11-25)5-6-26-17/h1-4,7-9,11,17H,5-6,10H2,(H2,20,22). The van der Waals surface area contributed by atoms with Gasteiger partial charge in [0.05, 0.1) is 25.0 Å². The lowest BCUT2D eigenvalue weighted by Crippen LogP contribution is -2.37. The molecule has 0 aliphatic carbocycles. The number of carbonyl (C=O) groups is 1. The van der Waals surface area contributed by atoms with Gasteiger partial charge in [0.25, 0.3) is 6.01 Å². The number of aromatic nitrogens is 3. The predicted octanol–water partition coefficient (Wildman–Crippen LogP) is 2.25. The number of amides is 1. The van der Waals surface area contributed by atoms with Crippen LogP contribution >= 0.6 is 0 Å². The van der Waals surface area contributed by atoms with E-state index >= 15 is 0 Å². The molecule has 3 aromatic heterocycles. The number of nitrogens with zero attached hydrogens (tertiary/aromatic N) is 4. The molecule has 2 N–H and O–H groups in total. The molecule has 1 saturated heterocycles. The van der Waals surface area contributed by atoms with Crippen LogP contribution in [0.3, 0.4) is 0 Å². The lowest BCUT2D eigenvalue weighted by Gasteiger charge is -2.30. The molecule has 27 heavy (non-hydrogen) atoms. The van der Waals surface area contributed by atoms with E-state index in [1.54, 1.807) is 11.1 Å². The molecule has 0 saturated carbocycles. The SMILES string of the molecule is Nc1nc2cc(-c3ccc4ncc(C5CN(C=O)CCO5)n4c3)ccc2o1. The van der Waals surface area contributed by atoms with Gasteiger partial charge in [-0.1, -0.05) is 6.07 Å². The summed E-state index contributed by atoms with van der Waals surface area (Å²) in [6.45, 7) is 1.65. The minimum Gasteiger partial charge on any atom is -0.424 e. The monoisotopic (exact) mass is 363 g/mol. The largest absolute Gasteiger partial charge is 0.424 e. The van der Waals surface area contributed by atoms with E-state index < -0.39 is 0 Å². The second-order valence-corrected chi connectivity index (χ2v) is 6.52. The van der Waals surface area contributed by atoms with Crippen LogP contribution in [0.15, 0.2) is 47.1 Å². The molecule has 1 unspecified atom stereocenters. The number of ether oxygens (including phenoxy) is 1. The van der Waals surface area contributed by atoms with Crippen molar-refractivity contribution >= 4 is 29.2 Å². The van der Waals surface area contributed by atoms with Gasteiger partial charge in [-0.05, 0) is 35.4 Å². The quantitative estimate of drug-likeness (QED) is 0.561. The fraction of sp³-hybridized carbons (Fsp3) is 0.211. The normalized spacial score (nSPS) is 17.6. The van der Waals surface area contributed by atoms with Crippen molar-refractivity contribution in [1.82, 2.24) is 19.3 Å². The number of carbonyl (C=O) groups excluding carboxylic acids is 1. The molecule has 1 fully saturated rings. The van der Waals surface area contributed by atoms with Crippen LogP contribution in [0.4, 0.5) is 6.01 Å². The van der Waals surface area contributed by atoms with Gasteiger partial charge in [-0.15, -0.1) is 0 Å². The van der Waals surface area contributed by atoms with E-state index in [1.165, 1.54) is 0 Å². The minimum atomic E-state index is -0.202. The van der Waals surface area contributed by atoms with Crippen LogP contribution in [0, 0.1) is 0 Å². The van der Waals surface area contributed by atoms with Gasteiger partial charge in [0.2, 0.25) is 6.41 Å². The summed E-state index contributed by atoms with van der Waals surface area (Å²) >= 11 is 0. The first-order chi connectivity index (χ1) is 13.2. The van der Waals surface area contributed by atoms with Crippen molar-refractivity contribution in [2.45, 2.75) is 6.10 Å². The zero-order chi connectivity index (χ0) is 18.4. The molecule has 0 radical (unpaired) electrons. The maximum atomic E-state index is 11.1. The van der Waals surface area contributed by atoms with Crippen molar-refractivity contribution in [2.24, 2.45) is 0 Å². The fourth-order valence-corrected chi connectivity index (χ4v) is 3.48. The molecular weight excluding hydrogens is 346 g/mol. The van der Waals surface area contributed by atoms with Crippen molar-refractivity contribution in [1.29, 1.82) is 0 Å². The summed E-state index contributed by atoms with van der Waals surface area (Å²) in [4.78, 5) is 21.5. The first kappa shape index (κ1) is 15.8. The number of nitrogen functional groups attached to an aromatic ring is 1. The maximum absolute atomic E-state index is 11.1. The number of anilines is 1. The summed E-state index contributed by atoms with van der Waals surface area (Å²) in [5.74, 6) is 0. The fourth-order valence-electron chi connectivity index (χ4n) is 3.48. The van der Waals surface area contributed by atoms with Crippen LogP contribution in [0.2, 0.25) is 0 Å². The summed E-state index contributed by atoms with van der Waals surface area (Å²) < 4.78 is 13.2. The van der Waals surface area contributed by atoms with E-state index in [9.17, 15) is 4.79 Å². The molecule has 1 aliphatic heterocycles. The highest BCUT2D eigenvalue weighted by Crippen LogP contribution is 2.28. The first-order valence-corrected chi connectivity index (χ1v) is 8.66. The number of benzene rings is 1. The van der Waals surface area contributed by atoms with Gasteiger partial charge >= 0.3 is 0 Å². The molecule has 136 valence electrons. The number of oxazole rings is 1. The Labute approximate surface area is 154 Å². The van der Waals surface area contributed by atoms with Crippen LogP contribution in [0.1, 0.15) is 11.8 Å². The van der Waals surface area contributed by atoms with E-state index in [1.807, 2.05) is 40.9 Å². The summed E-state index contributed by atoms with van der Waals surface area (Å²) in [5, 5.41) is 0. The Morgan fingerprint density at radius 2 is 2.11 bits per heavy atom. The van der Waals surface area contributed by atoms with Gasteiger partial charge in [-0.3, -0.25) is 4.79 Å². The Morgan fingerprint density at radius 1 is 1.22 bits per heavy atom. The molecule has 1 amide bonds. The number of fused-ring (bicyclic) bond motifs is 2. The number of rotatable bonds is 3. The Morgan fingerprint density at radius 3 is 3.00 bits per heavy atom. The summed E-state index contributed by atoms with van der Waals surface area (Å²) in [6, 6.07) is 9.90. The van der Waals surface area contributed by atoms with Crippen molar-refractivity contribution in [2.75, 3.05) is 25.4 Å². The average molecular weight is 363 g/mol. The molecule has 0 spiro atoms. The van der Waals surface area contributed by atoms with Crippen molar-refractivity contribution < 1.29 is 13.9 Å². The number of pyridine rings is 1. The predicted molar refractivity (Wildman–Crippen MR) is 98.9 cm³/mol. The van der Waals surface area contributed by atoms with Gasteiger partial charge < -0.3 is 24.2 Å². The first-order valence-electron chi connectivity index (χ1n) is 8.66. The zero-order valence-electron chi connectivity index (χ0n) is 14.4. The van der Waals surface area contributed by atoms with E-state index in [0.717, 1.165) is 28.9 Å². The second-order valence-electron chi connectivity index (χ2n) is 6.52. The minimum absolute atomic E-state index is 0.156. The third-order valence-corrected chi connectivity index (χ3v) is 4.85. The van der Waals surface area contributed by atoms with Gasteiger partial charge in [0, 0.05) is 12.7 Å². The van der Waals surface area contributed by atoms with Crippen LogP contribution in [-0.4, -0.2) is 45.4 Å². The maximum Gasteiger partial charge on any atom is 0.292 e. The zero-order valence-corrected chi connectivity index (χ0v) is 14.4. The third-order valence-electron chi connectivity index (χ3n) is 4.85. The van der Waals surface area contributed by atoms with Crippen LogP contribution in [-0.2, 0) is 9.53 Å². The van der Waals surface area contributed by atoms with Gasteiger partial charge in [0.1, 0.15) is 17.3 Å².